The largest absolute Gasteiger partial charge is 0.338 e. The number of nitrogens with two attached hydrogens (primary N) is 1. The van der Waals surface area contributed by atoms with Gasteiger partial charge in [0.2, 0.25) is 5.89 Å². The Morgan fingerprint density at radius 3 is 2.94 bits per heavy atom. The molecule has 0 radical (unpaired) electrons. The third kappa shape index (κ3) is 2.18. The predicted molar refractivity (Wildman–Crippen MR) is 68.9 cm³/mol. The Bertz CT molecular complexity index is 403. The summed E-state index contributed by atoms with van der Waals surface area (Å²) in [5.41, 5.74) is 6.07. The van der Waals surface area contributed by atoms with Crippen molar-refractivity contribution < 1.29 is 4.52 Å². The molecule has 0 saturated heterocycles. The van der Waals surface area contributed by atoms with Gasteiger partial charge in [-0.3, -0.25) is 0 Å². The van der Waals surface area contributed by atoms with Gasteiger partial charge in [0.1, 0.15) is 0 Å². The van der Waals surface area contributed by atoms with E-state index in [0.29, 0.717) is 11.8 Å². The third-order valence-corrected chi connectivity index (χ3v) is 4.71. The highest BCUT2D eigenvalue weighted by Crippen LogP contribution is 2.52. The number of aromatic nitrogens is 2. The lowest BCUT2D eigenvalue weighted by Gasteiger charge is -2.17. The summed E-state index contributed by atoms with van der Waals surface area (Å²) in [5, 5.41) is 4.18. The van der Waals surface area contributed by atoms with Gasteiger partial charge >= 0.3 is 0 Å². The average Bonchev–Trinajstić information content (AvgIpc) is 3.09. The van der Waals surface area contributed by atoms with E-state index in [1.54, 1.807) is 0 Å². The molecule has 4 heteroatoms. The Balaban J connectivity index is 1.66. The molecule has 100 valence electrons. The summed E-state index contributed by atoms with van der Waals surface area (Å²) in [7, 11) is 0. The first kappa shape index (κ1) is 12.2. The van der Waals surface area contributed by atoms with Crippen molar-refractivity contribution in [3.63, 3.8) is 0 Å². The van der Waals surface area contributed by atoms with E-state index >= 15 is 0 Å². The first-order valence-electron chi connectivity index (χ1n) is 7.37. The van der Waals surface area contributed by atoms with Crippen LogP contribution in [0.4, 0.5) is 0 Å². The normalized spacial score (nSPS) is 32.0. The zero-order valence-corrected chi connectivity index (χ0v) is 11.1. The number of nitrogens with zero attached hydrogens (tertiary/aromatic N) is 2. The van der Waals surface area contributed by atoms with Crippen LogP contribution in [0.2, 0.25) is 0 Å². The van der Waals surface area contributed by atoms with Crippen molar-refractivity contribution in [2.45, 2.75) is 63.8 Å². The smallest absolute Gasteiger partial charge is 0.243 e. The number of fused-ring (bicyclic) bond motifs is 2. The fraction of sp³-hybridized carbons (Fsp3) is 0.857. The maximum atomic E-state index is 6.07. The summed E-state index contributed by atoms with van der Waals surface area (Å²) in [4.78, 5) is 4.56. The molecule has 0 aliphatic heterocycles. The van der Waals surface area contributed by atoms with E-state index in [0.717, 1.165) is 36.9 Å². The van der Waals surface area contributed by atoms with Gasteiger partial charge < -0.3 is 10.3 Å². The van der Waals surface area contributed by atoms with Crippen molar-refractivity contribution in [3.05, 3.63) is 11.7 Å². The molecule has 2 N–H and O–H groups in total. The highest BCUT2D eigenvalue weighted by Gasteiger charge is 2.42. The van der Waals surface area contributed by atoms with E-state index < -0.39 is 0 Å². The Morgan fingerprint density at radius 1 is 1.39 bits per heavy atom. The zero-order chi connectivity index (χ0) is 12.5. The Kier molecular flexibility index (Phi) is 3.37. The van der Waals surface area contributed by atoms with Crippen LogP contribution in [0.5, 0.6) is 0 Å². The van der Waals surface area contributed by atoms with Crippen molar-refractivity contribution in [2.75, 3.05) is 0 Å². The molecule has 1 aromatic rings. The molecule has 2 aliphatic rings. The molecule has 3 rings (SSSR count). The minimum Gasteiger partial charge on any atom is -0.338 e. The summed E-state index contributed by atoms with van der Waals surface area (Å²) in [6, 6.07) is -0.0789. The molecule has 4 nitrogen and oxygen atoms in total. The van der Waals surface area contributed by atoms with E-state index in [9.17, 15) is 0 Å². The number of hydrogen-bond acceptors (Lipinski definition) is 4. The topological polar surface area (TPSA) is 64.9 Å². The van der Waals surface area contributed by atoms with Crippen LogP contribution >= 0.6 is 0 Å². The highest BCUT2D eigenvalue weighted by molar-refractivity contribution is 5.07. The fourth-order valence-corrected chi connectivity index (χ4v) is 3.66. The van der Waals surface area contributed by atoms with Gasteiger partial charge in [-0.1, -0.05) is 31.3 Å². The molecule has 0 spiro atoms. The van der Waals surface area contributed by atoms with Gasteiger partial charge in [-0.15, -0.1) is 0 Å². The summed E-state index contributed by atoms with van der Waals surface area (Å²) in [6.07, 6.45) is 8.59. The zero-order valence-electron chi connectivity index (χ0n) is 11.1. The molecule has 18 heavy (non-hydrogen) atoms. The summed E-state index contributed by atoms with van der Waals surface area (Å²) in [5.74, 6) is 3.81. The SMILES string of the molecule is CCCC[C@H](N)c1nc(C2CC3CCC2C3)no1. The van der Waals surface area contributed by atoms with Crippen molar-refractivity contribution in [1.29, 1.82) is 0 Å². The predicted octanol–water partition coefficient (Wildman–Crippen LogP) is 3.16. The molecule has 2 bridgehead atoms. The molecule has 1 heterocycles. The van der Waals surface area contributed by atoms with Crippen LogP contribution < -0.4 is 5.73 Å². The van der Waals surface area contributed by atoms with Crippen LogP contribution in [0.25, 0.3) is 0 Å². The van der Waals surface area contributed by atoms with Crippen LogP contribution in [-0.4, -0.2) is 10.1 Å². The lowest BCUT2D eigenvalue weighted by molar-refractivity contribution is 0.332. The van der Waals surface area contributed by atoms with Crippen LogP contribution in [0.15, 0.2) is 4.52 Å². The molecule has 0 amide bonds. The van der Waals surface area contributed by atoms with Crippen molar-refractivity contribution in [1.82, 2.24) is 10.1 Å². The summed E-state index contributed by atoms with van der Waals surface area (Å²) in [6.45, 7) is 2.17. The number of rotatable bonds is 5. The van der Waals surface area contributed by atoms with E-state index in [4.69, 9.17) is 10.3 Å². The summed E-state index contributed by atoms with van der Waals surface area (Å²) >= 11 is 0. The molecule has 1 aromatic heterocycles. The molecule has 4 atom stereocenters. The van der Waals surface area contributed by atoms with E-state index in [2.05, 4.69) is 17.1 Å². The highest BCUT2D eigenvalue weighted by atomic mass is 16.5. The van der Waals surface area contributed by atoms with E-state index in [1.807, 2.05) is 0 Å². The van der Waals surface area contributed by atoms with Crippen LogP contribution in [0.3, 0.4) is 0 Å². The standard InChI is InChI=1S/C14H23N3O/c1-2-3-4-12(15)14-16-13(17-18-14)11-8-9-5-6-10(11)7-9/h9-12H,2-8,15H2,1H3/t9?,10?,11?,12-/m0/s1. The van der Waals surface area contributed by atoms with Crippen molar-refractivity contribution in [3.8, 4) is 0 Å². The van der Waals surface area contributed by atoms with Crippen LogP contribution in [0, 0.1) is 11.8 Å². The lowest BCUT2D eigenvalue weighted by atomic mass is 9.88. The van der Waals surface area contributed by atoms with Gasteiger partial charge in [-0.25, -0.2) is 0 Å². The van der Waals surface area contributed by atoms with Gasteiger partial charge in [0.15, 0.2) is 5.82 Å². The average molecular weight is 249 g/mol. The van der Waals surface area contributed by atoms with Crippen LogP contribution in [0.1, 0.15) is 75.5 Å². The van der Waals surface area contributed by atoms with Gasteiger partial charge in [0.05, 0.1) is 6.04 Å². The minimum atomic E-state index is -0.0789. The lowest BCUT2D eigenvalue weighted by Crippen LogP contribution is -2.12. The van der Waals surface area contributed by atoms with Crippen molar-refractivity contribution >= 4 is 0 Å². The van der Waals surface area contributed by atoms with E-state index in [-0.39, 0.29) is 6.04 Å². The second-order valence-electron chi connectivity index (χ2n) is 6.02. The second-order valence-corrected chi connectivity index (χ2v) is 6.02. The Morgan fingerprint density at radius 2 is 2.28 bits per heavy atom. The Labute approximate surface area is 108 Å². The summed E-state index contributed by atoms with van der Waals surface area (Å²) < 4.78 is 5.36. The van der Waals surface area contributed by atoms with Crippen LogP contribution in [-0.2, 0) is 0 Å². The first-order chi connectivity index (χ1) is 8.78. The maximum absolute atomic E-state index is 6.07. The monoisotopic (exact) mass is 249 g/mol. The quantitative estimate of drug-likeness (QED) is 0.870. The molecular formula is C14H23N3O. The number of unbranched alkanes of at least 4 members (excludes halogenated alkanes) is 1. The molecular weight excluding hydrogens is 226 g/mol. The third-order valence-electron chi connectivity index (χ3n) is 4.71. The van der Waals surface area contributed by atoms with Gasteiger partial charge in [0.25, 0.3) is 0 Å². The molecule has 2 fully saturated rings. The molecule has 3 unspecified atom stereocenters. The molecule has 2 saturated carbocycles. The fourth-order valence-electron chi connectivity index (χ4n) is 3.66. The maximum Gasteiger partial charge on any atom is 0.243 e. The second kappa shape index (κ2) is 5.00. The number of hydrogen-bond donors (Lipinski definition) is 1. The van der Waals surface area contributed by atoms with E-state index in [1.165, 1.54) is 25.7 Å². The van der Waals surface area contributed by atoms with Gasteiger partial charge in [0, 0.05) is 5.92 Å². The molecule has 2 aliphatic carbocycles. The van der Waals surface area contributed by atoms with Gasteiger partial charge in [-0.2, -0.15) is 4.98 Å². The van der Waals surface area contributed by atoms with Crippen molar-refractivity contribution in [2.24, 2.45) is 17.6 Å². The molecule has 0 aromatic carbocycles. The first-order valence-corrected chi connectivity index (χ1v) is 7.37. The minimum absolute atomic E-state index is 0.0789. The van der Waals surface area contributed by atoms with Gasteiger partial charge in [-0.05, 0) is 37.5 Å². The Hall–Kier alpha value is -0.900.